The molecule has 1 unspecified atom stereocenters. The first-order chi connectivity index (χ1) is 13.6. The molecule has 1 saturated heterocycles. The molecule has 6 heteroatoms. The second-order valence-corrected chi connectivity index (χ2v) is 6.83. The molecule has 1 N–H and O–H groups in total. The molecule has 1 aliphatic heterocycles. The molecule has 148 valence electrons. The van der Waals surface area contributed by atoms with Crippen LogP contribution in [-0.4, -0.2) is 43.0 Å². The van der Waals surface area contributed by atoms with Gasteiger partial charge in [-0.05, 0) is 56.5 Å². The van der Waals surface area contributed by atoms with Gasteiger partial charge in [0.25, 0.3) is 11.8 Å². The number of amides is 2. The standard InChI is InChI=1S/C22H26N2O4/c1-16(28-20-12-5-4-11-19(20)27-2)21(25)23-18-10-8-9-17(15-18)22(26)24-13-6-3-7-14-24/h4-5,8-12,15-16H,3,6-7,13-14H2,1-2H3,(H,23,25). The first-order valence-electron chi connectivity index (χ1n) is 9.58. The van der Waals surface area contributed by atoms with Crippen molar-refractivity contribution in [3.8, 4) is 11.5 Å². The van der Waals surface area contributed by atoms with Crippen molar-refractivity contribution in [3.63, 3.8) is 0 Å². The molecule has 0 aliphatic carbocycles. The molecule has 1 fully saturated rings. The molecule has 0 radical (unpaired) electrons. The van der Waals surface area contributed by atoms with E-state index in [0.29, 0.717) is 22.7 Å². The van der Waals surface area contributed by atoms with E-state index in [1.165, 1.54) is 6.42 Å². The lowest BCUT2D eigenvalue weighted by Crippen LogP contribution is -2.35. The molecule has 3 rings (SSSR count). The molecule has 1 aliphatic rings. The Kier molecular flexibility index (Phi) is 6.53. The van der Waals surface area contributed by atoms with Crippen molar-refractivity contribution < 1.29 is 19.1 Å². The second kappa shape index (κ2) is 9.26. The minimum atomic E-state index is -0.724. The van der Waals surface area contributed by atoms with Gasteiger partial charge in [-0.25, -0.2) is 0 Å². The molecule has 1 atom stereocenters. The number of nitrogens with zero attached hydrogens (tertiary/aromatic N) is 1. The van der Waals surface area contributed by atoms with Crippen LogP contribution >= 0.6 is 0 Å². The number of anilines is 1. The Labute approximate surface area is 165 Å². The highest BCUT2D eigenvalue weighted by Gasteiger charge is 2.20. The minimum Gasteiger partial charge on any atom is -0.493 e. The Morgan fingerprint density at radius 3 is 2.43 bits per heavy atom. The summed E-state index contributed by atoms with van der Waals surface area (Å²) in [4.78, 5) is 27.1. The average Bonchev–Trinajstić information content (AvgIpc) is 2.74. The van der Waals surface area contributed by atoms with Gasteiger partial charge in [0.15, 0.2) is 17.6 Å². The summed E-state index contributed by atoms with van der Waals surface area (Å²) >= 11 is 0. The number of benzene rings is 2. The van der Waals surface area contributed by atoms with Crippen LogP contribution in [0, 0.1) is 0 Å². The normalized spacial score (nSPS) is 14.9. The highest BCUT2D eigenvalue weighted by atomic mass is 16.5. The maximum absolute atomic E-state index is 12.7. The third kappa shape index (κ3) is 4.82. The van der Waals surface area contributed by atoms with Gasteiger partial charge >= 0.3 is 0 Å². The molecule has 6 nitrogen and oxygen atoms in total. The zero-order chi connectivity index (χ0) is 19.9. The molecule has 2 aromatic carbocycles. The first-order valence-corrected chi connectivity index (χ1v) is 9.58. The number of piperidine rings is 1. The molecule has 28 heavy (non-hydrogen) atoms. The quantitative estimate of drug-likeness (QED) is 0.827. The van der Waals surface area contributed by atoms with Gasteiger partial charge in [0, 0.05) is 24.3 Å². The first kappa shape index (κ1) is 19.7. The van der Waals surface area contributed by atoms with Crippen molar-refractivity contribution in [2.45, 2.75) is 32.3 Å². The Hall–Kier alpha value is -3.02. The fraction of sp³-hybridized carbons (Fsp3) is 0.364. The summed E-state index contributed by atoms with van der Waals surface area (Å²) in [5.74, 6) is 0.778. The van der Waals surface area contributed by atoms with E-state index in [2.05, 4.69) is 5.32 Å². The molecule has 0 spiro atoms. The van der Waals surface area contributed by atoms with Gasteiger partial charge in [-0.2, -0.15) is 0 Å². The van der Waals surface area contributed by atoms with Crippen molar-refractivity contribution in [1.82, 2.24) is 4.90 Å². The predicted molar refractivity (Wildman–Crippen MR) is 108 cm³/mol. The van der Waals surface area contributed by atoms with E-state index in [9.17, 15) is 9.59 Å². The lowest BCUT2D eigenvalue weighted by molar-refractivity contribution is -0.122. The number of likely N-dealkylation sites (tertiary alicyclic amines) is 1. The summed E-state index contributed by atoms with van der Waals surface area (Å²) in [6.45, 7) is 3.25. The van der Waals surface area contributed by atoms with E-state index in [1.54, 1.807) is 50.4 Å². The lowest BCUT2D eigenvalue weighted by Gasteiger charge is -2.26. The smallest absolute Gasteiger partial charge is 0.265 e. The number of methoxy groups -OCH3 is 1. The van der Waals surface area contributed by atoms with E-state index in [1.807, 2.05) is 17.0 Å². The Morgan fingerprint density at radius 1 is 1.00 bits per heavy atom. The fourth-order valence-corrected chi connectivity index (χ4v) is 3.21. The summed E-state index contributed by atoms with van der Waals surface area (Å²) in [5, 5.41) is 2.82. The van der Waals surface area contributed by atoms with Crippen LogP contribution in [0.2, 0.25) is 0 Å². The summed E-state index contributed by atoms with van der Waals surface area (Å²) in [6.07, 6.45) is 2.53. The Balaban J connectivity index is 1.64. The molecule has 1 heterocycles. The van der Waals surface area contributed by atoms with Crippen LogP contribution in [0.4, 0.5) is 5.69 Å². The van der Waals surface area contributed by atoms with Gasteiger partial charge in [0.2, 0.25) is 0 Å². The summed E-state index contributed by atoms with van der Waals surface area (Å²) < 4.78 is 11.0. The van der Waals surface area contributed by atoms with Crippen LogP contribution < -0.4 is 14.8 Å². The molecule has 0 aromatic heterocycles. The van der Waals surface area contributed by atoms with Gasteiger partial charge < -0.3 is 19.7 Å². The zero-order valence-corrected chi connectivity index (χ0v) is 16.3. The van der Waals surface area contributed by atoms with Crippen molar-refractivity contribution in [2.24, 2.45) is 0 Å². The molecule has 2 aromatic rings. The van der Waals surface area contributed by atoms with E-state index < -0.39 is 6.10 Å². The van der Waals surface area contributed by atoms with Gasteiger partial charge in [-0.15, -0.1) is 0 Å². The minimum absolute atomic E-state index is 0.00844. The second-order valence-electron chi connectivity index (χ2n) is 6.83. The maximum Gasteiger partial charge on any atom is 0.265 e. The Bertz CT molecular complexity index is 831. The lowest BCUT2D eigenvalue weighted by atomic mass is 10.1. The zero-order valence-electron chi connectivity index (χ0n) is 16.3. The SMILES string of the molecule is COc1ccccc1OC(C)C(=O)Nc1cccc(C(=O)N2CCCCC2)c1. The van der Waals surface area contributed by atoms with Gasteiger partial charge in [0.1, 0.15) is 0 Å². The summed E-state index contributed by atoms with van der Waals surface area (Å²) in [6, 6.07) is 14.2. The number of carbonyl (C=O) groups excluding carboxylic acids is 2. The molecular formula is C22H26N2O4. The number of rotatable bonds is 6. The number of carbonyl (C=O) groups is 2. The van der Waals surface area contributed by atoms with Crippen molar-refractivity contribution in [2.75, 3.05) is 25.5 Å². The van der Waals surface area contributed by atoms with Crippen LogP contribution in [0.3, 0.4) is 0 Å². The van der Waals surface area contributed by atoms with Crippen molar-refractivity contribution >= 4 is 17.5 Å². The van der Waals surface area contributed by atoms with Crippen LogP contribution in [0.25, 0.3) is 0 Å². The fourth-order valence-electron chi connectivity index (χ4n) is 3.21. The van der Waals surface area contributed by atoms with E-state index in [-0.39, 0.29) is 11.8 Å². The average molecular weight is 382 g/mol. The number of hydrogen-bond acceptors (Lipinski definition) is 4. The largest absolute Gasteiger partial charge is 0.493 e. The highest BCUT2D eigenvalue weighted by molar-refractivity contribution is 5.98. The van der Waals surface area contributed by atoms with Crippen molar-refractivity contribution in [3.05, 3.63) is 54.1 Å². The predicted octanol–water partition coefficient (Wildman–Crippen LogP) is 3.73. The van der Waals surface area contributed by atoms with Gasteiger partial charge in [-0.1, -0.05) is 18.2 Å². The topological polar surface area (TPSA) is 67.9 Å². The van der Waals surface area contributed by atoms with Crippen LogP contribution in [0.1, 0.15) is 36.5 Å². The van der Waals surface area contributed by atoms with Crippen LogP contribution in [0.15, 0.2) is 48.5 Å². The molecule has 0 bridgehead atoms. The number of nitrogens with one attached hydrogen (secondary N) is 1. The van der Waals surface area contributed by atoms with Gasteiger partial charge in [-0.3, -0.25) is 9.59 Å². The van der Waals surface area contributed by atoms with Crippen molar-refractivity contribution in [1.29, 1.82) is 0 Å². The molecule has 2 amide bonds. The highest BCUT2D eigenvalue weighted by Crippen LogP contribution is 2.27. The van der Waals surface area contributed by atoms with Crippen LogP contribution in [0.5, 0.6) is 11.5 Å². The van der Waals surface area contributed by atoms with E-state index in [4.69, 9.17) is 9.47 Å². The maximum atomic E-state index is 12.7. The molecular weight excluding hydrogens is 356 g/mol. The monoisotopic (exact) mass is 382 g/mol. The summed E-state index contributed by atoms with van der Waals surface area (Å²) in [7, 11) is 1.55. The number of para-hydroxylation sites is 2. The summed E-state index contributed by atoms with van der Waals surface area (Å²) in [5.41, 5.74) is 1.15. The third-order valence-corrected chi connectivity index (χ3v) is 4.76. The number of ether oxygens (including phenoxy) is 2. The van der Waals surface area contributed by atoms with E-state index in [0.717, 1.165) is 25.9 Å². The third-order valence-electron chi connectivity index (χ3n) is 4.76. The van der Waals surface area contributed by atoms with Gasteiger partial charge in [0.05, 0.1) is 7.11 Å². The van der Waals surface area contributed by atoms with E-state index >= 15 is 0 Å². The molecule has 0 saturated carbocycles. The van der Waals surface area contributed by atoms with Crippen LogP contribution in [-0.2, 0) is 4.79 Å². The number of hydrogen-bond donors (Lipinski definition) is 1. The Morgan fingerprint density at radius 2 is 1.71 bits per heavy atom.